The summed E-state index contributed by atoms with van der Waals surface area (Å²) < 4.78 is 1.79. The van der Waals surface area contributed by atoms with E-state index in [0.29, 0.717) is 5.78 Å². The highest BCUT2D eigenvalue weighted by Gasteiger charge is 2.15. The molecule has 0 fully saturated rings. The first-order chi connectivity index (χ1) is 11.8. The molecular formula is C18H17N5S. The van der Waals surface area contributed by atoms with Crippen LogP contribution < -0.4 is 5.32 Å². The van der Waals surface area contributed by atoms with Crippen LogP contribution in [-0.4, -0.2) is 19.6 Å². The number of nitrogens with zero attached hydrogens (tertiary/aromatic N) is 4. The molecule has 0 saturated carbocycles. The van der Waals surface area contributed by atoms with Crippen molar-refractivity contribution in [3.8, 4) is 0 Å². The number of anilines is 1. The molecule has 0 saturated heterocycles. The monoisotopic (exact) mass is 335 g/mol. The fourth-order valence-electron chi connectivity index (χ4n) is 2.76. The van der Waals surface area contributed by atoms with Gasteiger partial charge in [0.1, 0.15) is 12.1 Å². The topological polar surface area (TPSA) is 55.1 Å². The van der Waals surface area contributed by atoms with Crippen LogP contribution in [0.2, 0.25) is 0 Å². The number of aryl methyl sites for hydroxylation is 1. The van der Waals surface area contributed by atoms with E-state index in [0.717, 1.165) is 30.0 Å². The second kappa shape index (κ2) is 6.41. The van der Waals surface area contributed by atoms with Crippen LogP contribution >= 0.6 is 11.3 Å². The summed E-state index contributed by atoms with van der Waals surface area (Å²) in [4.78, 5) is 10.1. The lowest BCUT2D eigenvalue weighted by Gasteiger charge is -2.15. The maximum absolute atomic E-state index is 4.59. The summed E-state index contributed by atoms with van der Waals surface area (Å²) in [6.07, 6.45) is 2.35. The molecule has 0 aliphatic carbocycles. The van der Waals surface area contributed by atoms with E-state index in [2.05, 4.69) is 62.2 Å². The van der Waals surface area contributed by atoms with E-state index in [4.69, 9.17) is 0 Å². The SMILES string of the molecule is Cc1nc2ncnn2c(NCc2cccs2)c1Cc1ccccc1. The second-order valence-electron chi connectivity index (χ2n) is 5.59. The van der Waals surface area contributed by atoms with E-state index >= 15 is 0 Å². The molecule has 1 N–H and O–H groups in total. The Morgan fingerprint density at radius 2 is 2.00 bits per heavy atom. The quantitative estimate of drug-likeness (QED) is 0.604. The van der Waals surface area contributed by atoms with Crippen LogP contribution in [0.15, 0.2) is 54.2 Å². The Bertz CT molecular complexity index is 944. The molecule has 5 nitrogen and oxygen atoms in total. The van der Waals surface area contributed by atoms with Crippen molar-refractivity contribution in [2.24, 2.45) is 0 Å². The van der Waals surface area contributed by atoms with Gasteiger partial charge in [0.15, 0.2) is 0 Å². The van der Waals surface area contributed by atoms with Gasteiger partial charge in [-0.25, -0.2) is 4.98 Å². The average Bonchev–Trinajstić information content (AvgIpc) is 3.27. The minimum atomic E-state index is 0.623. The van der Waals surface area contributed by atoms with Gasteiger partial charge in [0.05, 0.1) is 6.54 Å². The van der Waals surface area contributed by atoms with Crippen molar-refractivity contribution in [1.29, 1.82) is 0 Å². The maximum atomic E-state index is 4.59. The van der Waals surface area contributed by atoms with E-state index in [9.17, 15) is 0 Å². The third kappa shape index (κ3) is 2.88. The van der Waals surface area contributed by atoms with Gasteiger partial charge >= 0.3 is 0 Å². The van der Waals surface area contributed by atoms with Crippen LogP contribution in [0.5, 0.6) is 0 Å². The van der Waals surface area contributed by atoms with Crippen molar-refractivity contribution in [3.63, 3.8) is 0 Å². The van der Waals surface area contributed by atoms with Crippen molar-refractivity contribution < 1.29 is 0 Å². The van der Waals surface area contributed by atoms with E-state index in [1.165, 1.54) is 10.4 Å². The van der Waals surface area contributed by atoms with Crippen molar-refractivity contribution in [2.75, 3.05) is 5.32 Å². The maximum Gasteiger partial charge on any atom is 0.254 e. The number of benzene rings is 1. The minimum Gasteiger partial charge on any atom is -0.365 e. The van der Waals surface area contributed by atoms with Gasteiger partial charge in [-0.3, -0.25) is 0 Å². The summed E-state index contributed by atoms with van der Waals surface area (Å²) in [7, 11) is 0. The molecule has 3 heterocycles. The normalized spacial score (nSPS) is 11.0. The first kappa shape index (κ1) is 14.8. The van der Waals surface area contributed by atoms with Gasteiger partial charge in [-0.05, 0) is 23.9 Å². The third-order valence-corrected chi connectivity index (χ3v) is 4.84. The molecular weight excluding hydrogens is 318 g/mol. The average molecular weight is 335 g/mol. The van der Waals surface area contributed by atoms with Gasteiger partial charge in [0.25, 0.3) is 5.78 Å². The Hall–Kier alpha value is -2.73. The summed E-state index contributed by atoms with van der Waals surface area (Å²) in [5, 5.41) is 9.97. The molecule has 120 valence electrons. The first-order valence-corrected chi connectivity index (χ1v) is 8.68. The zero-order chi connectivity index (χ0) is 16.4. The molecule has 0 aliphatic heterocycles. The molecule has 0 radical (unpaired) electrons. The number of hydrogen-bond acceptors (Lipinski definition) is 5. The Kier molecular flexibility index (Phi) is 3.96. The molecule has 0 unspecified atom stereocenters. The number of rotatable bonds is 5. The Morgan fingerprint density at radius 3 is 2.79 bits per heavy atom. The molecule has 0 spiro atoms. The summed E-state index contributed by atoms with van der Waals surface area (Å²) >= 11 is 1.74. The van der Waals surface area contributed by atoms with Crippen LogP contribution in [0.3, 0.4) is 0 Å². The highest BCUT2D eigenvalue weighted by atomic mass is 32.1. The van der Waals surface area contributed by atoms with Gasteiger partial charge in [-0.1, -0.05) is 36.4 Å². The van der Waals surface area contributed by atoms with E-state index in [1.807, 2.05) is 13.0 Å². The van der Waals surface area contributed by atoms with Gasteiger partial charge in [-0.15, -0.1) is 11.3 Å². The van der Waals surface area contributed by atoms with Crippen LogP contribution in [0.25, 0.3) is 5.78 Å². The van der Waals surface area contributed by atoms with E-state index in [1.54, 1.807) is 22.2 Å². The van der Waals surface area contributed by atoms with Crippen LogP contribution in [0.4, 0.5) is 5.82 Å². The summed E-state index contributed by atoms with van der Waals surface area (Å²) in [6, 6.07) is 14.6. The molecule has 4 rings (SSSR count). The highest BCUT2D eigenvalue weighted by molar-refractivity contribution is 7.09. The predicted molar refractivity (Wildman–Crippen MR) is 96.4 cm³/mol. The van der Waals surface area contributed by atoms with Crippen molar-refractivity contribution in [2.45, 2.75) is 19.9 Å². The lowest BCUT2D eigenvalue weighted by Crippen LogP contribution is -2.11. The fraction of sp³-hybridized carbons (Fsp3) is 0.167. The lowest BCUT2D eigenvalue weighted by atomic mass is 10.0. The predicted octanol–water partition coefficient (Wildman–Crippen LogP) is 3.70. The molecule has 24 heavy (non-hydrogen) atoms. The summed E-state index contributed by atoms with van der Waals surface area (Å²) in [5.41, 5.74) is 3.38. The Morgan fingerprint density at radius 1 is 1.12 bits per heavy atom. The van der Waals surface area contributed by atoms with Crippen molar-refractivity contribution in [3.05, 3.63) is 75.9 Å². The number of nitrogens with one attached hydrogen (secondary N) is 1. The third-order valence-electron chi connectivity index (χ3n) is 3.97. The van der Waals surface area contributed by atoms with Crippen LogP contribution in [0.1, 0.15) is 21.7 Å². The largest absolute Gasteiger partial charge is 0.365 e. The van der Waals surface area contributed by atoms with Crippen LogP contribution in [0, 0.1) is 6.92 Å². The molecule has 0 aliphatic rings. The number of thiophene rings is 1. The Balaban J connectivity index is 1.75. The standard InChI is InChI=1S/C18H17N5S/c1-13-16(10-14-6-3-2-4-7-14)17(19-11-15-8-5-9-24-15)23-18(22-13)20-12-21-23/h2-9,12,19H,10-11H2,1H3. The molecule has 1 aromatic carbocycles. The van der Waals surface area contributed by atoms with Gasteiger partial charge in [0, 0.05) is 22.6 Å². The van der Waals surface area contributed by atoms with Crippen molar-refractivity contribution in [1.82, 2.24) is 19.6 Å². The van der Waals surface area contributed by atoms with Crippen molar-refractivity contribution >= 4 is 22.9 Å². The van der Waals surface area contributed by atoms with Gasteiger partial charge in [0.2, 0.25) is 0 Å². The van der Waals surface area contributed by atoms with Crippen LogP contribution in [-0.2, 0) is 13.0 Å². The molecule has 0 atom stereocenters. The molecule has 4 aromatic rings. The molecule has 0 amide bonds. The minimum absolute atomic E-state index is 0.623. The van der Waals surface area contributed by atoms with Gasteiger partial charge < -0.3 is 5.32 Å². The molecule has 6 heteroatoms. The zero-order valence-corrected chi connectivity index (χ0v) is 14.1. The lowest BCUT2D eigenvalue weighted by molar-refractivity contribution is 0.892. The highest BCUT2D eigenvalue weighted by Crippen LogP contribution is 2.23. The van der Waals surface area contributed by atoms with E-state index in [-0.39, 0.29) is 0 Å². The number of fused-ring (bicyclic) bond motifs is 1. The smallest absolute Gasteiger partial charge is 0.254 e. The molecule has 0 bridgehead atoms. The Labute approximate surface area is 144 Å². The zero-order valence-electron chi connectivity index (χ0n) is 13.3. The fourth-order valence-corrected chi connectivity index (χ4v) is 3.41. The number of aromatic nitrogens is 4. The van der Waals surface area contributed by atoms with Gasteiger partial charge in [-0.2, -0.15) is 14.6 Å². The summed E-state index contributed by atoms with van der Waals surface area (Å²) in [5.74, 6) is 1.59. The molecule has 3 aromatic heterocycles. The number of hydrogen-bond donors (Lipinski definition) is 1. The summed E-state index contributed by atoms with van der Waals surface area (Å²) in [6.45, 7) is 2.79. The van der Waals surface area contributed by atoms with E-state index < -0.39 is 0 Å². The first-order valence-electron chi connectivity index (χ1n) is 7.80. The second-order valence-corrected chi connectivity index (χ2v) is 6.62.